The Hall–Kier alpha value is -1.71. The molecule has 0 amide bonds. The molecule has 1 atom stereocenters. The highest BCUT2D eigenvalue weighted by Crippen LogP contribution is 2.19. The fourth-order valence-electron chi connectivity index (χ4n) is 1.88. The number of nitrogens with one attached hydrogen (secondary N) is 1. The third kappa shape index (κ3) is 2.70. The van der Waals surface area contributed by atoms with Crippen LogP contribution in [-0.4, -0.2) is 4.98 Å². The van der Waals surface area contributed by atoms with Crippen molar-refractivity contribution >= 4 is 10.9 Å². The lowest BCUT2D eigenvalue weighted by Gasteiger charge is -2.14. The topological polar surface area (TPSA) is 50.9 Å². The Labute approximate surface area is 101 Å². The Balaban J connectivity index is 2.30. The van der Waals surface area contributed by atoms with Crippen molar-refractivity contribution in [1.29, 1.82) is 0 Å². The Bertz CT molecular complexity index is 508. The van der Waals surface area contributed by atoms with Crippen molar-refractivity contribution in [1.82, 2.24) is 10.4 Å². The third-order valence-electron chi connectivity index (χ3n) is 2.84. The minimum atomic E-state index is 0.0811. The molecule has 1 aromatic heterocycles. The van der Waals surface area contributed by atoms with E-state index in [0.29, 0.717) is 0 Å². The number of rotatable bonds is 5. The highest BCUT2D eigenvalue weighted by Gasteiger charge is 2.10. The smallest absolute Gasteiger partial charge is 0.0706 e. The van der Waals surface area contributed by atoms with E-state index in [1.807, 2.05) is 30.3 Å². The Morgan fingerprint density at radius 1 is 1.29 bits per heavy atom. The first-order valence-corrected chi connectivity index (χ1v) is 5.78. The average Bonchev–Trinajstić information content (AvgIpc) is 2.39. The fraction of sp³-hybridized carbons (Fsp3) is 0.214. The van der Waals surface area contributed by atoms with Gasteiger partial charge in [0.1, 0.15) is 0 Å². The van der Waals surface area contributed by atoms with E-state index in [-0.39, 0.29) is 6.04 Å². The molecule has 0 aliphatic carbocycles. The van der Waals surface area contributed by atoms with E-state index in [4.69, 9.17) is 5.84 Å². The maximum absolute atomic E-state index is 5.57. The van der Waals surface area contributed by atoms with E-state index < -0.39 is 0 Å². The SMILES string of the molecule is C=CCCC(NN)c1ccc2ccccc2n1. The largest absolute Gasteiger partial charge is 0.271 e. The molecule has 0 saturated carbocycles. The summed E-state index contributed by atoms with van der Waals surface area (Å²) in [6.07, 6.45) is 3.72. The summed E-state index contributed by atoms with van der Waals surface area (Å²) in [7, 11) is 0. The van der Waals surface area contributed by atoms with E-state index in [2.05, 4.69) is 29.1 Å². The normalized spacial score (nSPS) is 12.5. The summed E-state index contributed by atoms with van der Waals surface area (Å²) in [6.45, 7) is 3.72. The van der Waals surface area contributed by atoms with Gasteiger partial charge in [0, 0.05) is 5.39 Å². The fourth-order valence-corrected chi connectivity index (χ4v) is 1.88. The summed E-state index contributed by atoms with van der Waals surface area (Å²) in [5.41, 5.74) is 4.79. The van der Waals surface area contributed by atoms with E-state index in [1.165, 1.54) is 0 Å². The number of allylic oxidation sites excluding steroid dienone is 1. The Morgan fingerprint density at radius 2 is 2.12 bits per heavy atom. The van der Waals surface area contributed by atoms with Gasteiger partial charge in [0.05, 0.1) is 17.3 Å². The van der Waals surface area contributed by atoms with E-state index >= 15 is 0 Å². The molecular weight excluding hydrogens is 210 g/mol. The zero-order chi connectivity index (χ0) is 12.1. The molecule has 0 radical (unpaired) electrons. The van der Waals surface area contributed by atoms with Crippen molar-refractivity contribution in [3.05, 3.63) is 54.7 Å². The number of nitrogens with zero attached hydrogens (tertiary/aromatic N) is 1. The van der Waals surface area contributed by atoms with Crippen molar-refractivity contribution in [3.8, 4) is 0 Å². The molecule has 88 valence electrons. The second-order valence-corrected chi connectivity index (χ2v) is 4.01. The summed E-state index contributed by atoms with van der Waals surface area (Å²) >= 11 is 0. The van der Waals surface area contributed by atoms with Crippen LogP contribution in [0.3, 0.4) is 0 Å². The van der Waals surface area contributed by atoms with Crippen LogP contribution in [0.2, 0.25) is 0 Å². The Kier molecular flexibility index (Phi) is 3.85. The first-order valence-electron chi connectivity index (χ1n) is 5.78. The highest BCUT2D eigenvalue weighted by atomic mass is 15.2. The van der Waals surface area contributed by atoms with Crippen molar-refractivity contribution in [2.24, 2.45) is 5.84 Å². The van der Waals surface area contributed by atoms with Crippen LogP contribution in [0.1, 0.15) is 24.6 Å². The number of aromatic nitrogens is 1. The molecule has 0 saturated heterocycles. The van der Waals surface area contributed by atoms with Gasteiger partial charge in [-0.15, -0.1) is 6.58 Å². The van der Waals surface area contributed by atoms with Gasteiger partial charge >= 0.3 is 0 Å². The number of hydrogen-bond donors (Lipinski definition) is 2. The molecule has 3 heteroatoms. The number of nitrogens with two attached hydrogens (primary N) is 1. The van der Waals surface area contributed by atoms with Crippen LogP contribution in [-0.2, 0) is 0 Å². The second kappa shape index (κ2) is 5.57. The second-order valence-electron chi connectivity index (χ2n) is 4.01. The molecule has 0 aliphatic heterocycles. The number of para-hydroxylation sites is 1. The van der Waals surface area contributed by atoms with Crippen molar-refractivity contribution in [2.45, 2.75) is 18.9 Å². The lowest BCUT2D eigenvalue weighted by molar-refractivity contribution is 0.510. The van der Waals surface area contributed by atoms with Crippen LogP contribution in [0.5, 0.6) is 0 Å². The molecule has 2 aromatic rings. The van der Waals surface area contributed by atoms with Crippen LogP contribution in [0.15, 0.2) is 49.1 Å². The first kappa shape index (κ1) is 11.8. The minimum absolute atomic E-state index is 0.0811. The maximum Gasteiger partial charge on any atom is 0.0706 e. The van der Waals surface area contributed by atoms with Gasteiger partial charge in [0.15, 0.2) is 0 Å². The number of benzene rings is 1. The van der Waals surface area contributed by atoms with E-state index in [0.717, 1.165) is 29.4 Å². The molecule has 0 spiro atoms. The molecule has 2 rings (SSSR count). The van der Waals surface area contributed by atoms with Crippen LogP contribution >= 0.6 is 0 Å². The number of pyridine rings is 1. The van der Waals surface area contributed by atoms with Crippen molar-refractivity contribution in [2.75, 3.05) is 0 Å². The molecule has 0 aliphatic rings. The zero-order valence-electron chi connectivity index (χ0n) is 9.76. The lowest BCUT2D eigenvalue weighted by Crippen LogP contribution is -2.28. The summed E-state index contributed by atoms with van der Waals surface area (Å²) in [6, 6.07) is 12.3. The van der Waals surface area contributed by atoms with Gasteiger partial charge in [-0.3, -0.25) is 16.3 Å². The van der Waals surface area contributed by atoms with Gasteiger partial charge in [-0.25, -0.2) is 0 Å². The van der Waals surface area contributed by atoms with Crippen molar-refractivity contribution in [3.63, 3.8) is 0 Å². The molecule has 17 heavy (non-hydrogen) atoms. The molecule has 3 nitrogen and oxygen atoms in total. The van der Waals surface area contributed by atoms with Crippen LogP contribution in [0, 0.1) is 0 Å². The molecular formula is C14H17N3. The average molecular weight is 227 g/mol. The molecule has 0 bridgehead atoms. The van der Waals surface area contributed by atoms with Crippen molar-refractivity contribution < 1.29 is 0 Å². The van der Waals surface area contributed by atoms with Gasteiger partial charge in [-0.05, 0) is 25.0 Å². The Morgan fingerprint density at radius 3 is 2.88 bits per heavy atom. The molecule has 1 aromatic carbocycles. The molecule has 1 unspecified atom stereocenters. The lowest BCUT2D eigenvalue weighted by atomic mass is 10.1. The molecule has 3 N–H and O–H groups in total. The predicted octanol–water partition coefficient (Wildman–Crippen LogP) is 2.71. The van der Waals surface area contributed by atoms with Crippen LogP contribution in [0.25, 0.3) is 10.9 Å². The summed E-state index contributed by atoms with van der Waals surface area (Å²) in [4.78, 5) is 4.62. The molecule has 0 fully saturated rings. The number of hydrogen-bond acceptors (Lipinski definition) is 3. The summed E-state index contributed by atoms with van der Waals surface area (Å²) < 4.78 is 0. The summed E-state index contributed by atoms with van der Waals surface area (Å²) in [5.74, 6) is 5.57. The van der Waals surface area contributed by atoms with Gasteiger partial charge in [-0.1, -0.05) is 30.3 Å². The maximum atomic E-state index is 5.57. The van der Waals surface area contributed by atoms with Gasteiger partial charge < -0.3 is 0 Å². The van der Waals surface area contributed by atoms with Gasteiger partial charge in [-0.2, -0.15) is 0 Å². The monoisotopic (exact) mass is 227 g/mol. The minimum Gasteiger partial charge on any atom is -0.271 e. The zero-order valence-corrected chi connectivity index (χ0v) is 9.76. The predicted molar refractivity (Wildman–Crippen MR) is 71.2 cm³/mol. The molecule has 1 heterocycles. The van der Waals surface area contributed by atoms with Crippen LogP contribution < -0.4 is 11.3 Å². The third-order valence-corrected chi connectivity index (χ3v) is 2.84. The van der Waals surface area contributed by atoms with E-state index in [9.17, 15) is 0 Å². The standard InChI is InChI=1S/C14H17N3/c1-2-3-7-14(17-15)13-10-9-11-6-4-5-8-12(11)16-13/h2,4-6,8-10,14,17H,1,3,7,15H2. The summed E-state index contributed by atoms with van der Waals surface area (Å²) in [5, 5.41) is 1.15. The highest BCUT2D eigenvalue weighted by molar-refractivity contribution is 5.78. The van der Waals surface area contributed by atoms with Crippen LogP contribution in [0.4, 0.5) is 0 Å². The van der Waals surface area contributed by atoms with E-state index in [1.54, 1.807) is 0 Å². The number of hydrazine groups is 1. The van der Waals surface area contributed by atoms with Gasteiger partial charge in [0.25, 0.3) is 0 Å². The first-order chi connectivity index (χ1) is 8.35. The number of fused-ring (bicyclic) bond motifs is 1. The quantitative estimate of drug-likeness (QED) is 0.469. The van der Waals surface area contributed by atoms with Gasteiger partial charge in [0.2, 0.25) is 0 Å².